The van der Waals surface area contributed by atoms with Gasteiger partial charge in [-0.25, -0.2) is 0 Å². The minimum atomic E-state index is 0.738. The summed E-state index contributed by atoms with van der Waals surface area (Å²) in [6.45, 7) is 1.85. The SMILES string of the molecule is CC(=C=C1CCCCCCCCC1)C#N. The van der Waals surface area contributed by atoms with Crippen LogP contribution >= 0.6 is 0 Å². The van der Waals surface area contributed by atoms with Crippen LogP contribution in [0.25, 0.3) is 0 Å². The molecule has 0 amide bonds. The minimum absolute atomic E-state index is 0.738. The summed E-state index contributed by atoms with van der Waals surface area (Å²) in [6.07, 6.45) is 11.7. The predicted molar refractivity (Wildman–Crippen MR) is 63.4 cm³/mol. The van der Waals surface area contributed by atoms with Crippen LogP contribution in [0.4, 0.5) is 0 Å². The van der Waals surface area contributed by atoms with Crippen molar-refractivity contribution in [3.05, 3.63) is 16.9 Å². The van der Waals surface area contributed by atoms with E-state index in [4.69, 9.17) is 5.26 Å². The van der Waals surface area contributed by atoms with Crippen molar-refractivity contribution in [3.63, 3.8) is 0 Å². The second-order valence-electron chi connectivity index (χ2n) is 4.44. The number of rotatable bonds is 0. The second-order valence-corrected chi connectivity index (χ2v) is 4.44. The van der Waals surface area contributed by atoms with Crippen molar-refractivity contribution < 1.29 is 0 Å². The van der Waals surface area contributed by atoms with Gasteiger partial charge in [0.05, 0.1) is 5.57 Å². The van der Waals surface area contributed by atoms with E-state index in [2.05, 4.69) is 11.8 Å². The molecule has 1 rings (SSSR count). The Morgan fingerprint density at radius 1 is 0.933 bits per heavy atom. The Balaban J connectivity index is 2.60. The van der Waals surface area contributed by atoms with Crippen molar-refractivity contribution in [2.45, 2.75) is 64.7 Å². The summed E-state index contributed by atoms with van der Waals surface area (Å²) in [6, 6.07) is 2.16. The van der Waals surface area contributed by atoms with Gasteiger partial charge in [0.25, 0.3) is 0 Å². The topological polar surface area (TPSA) is 23.8 Å². The summed E-state index contributed by atoms with van der Waals surface area (Å²) in [5.41, 5.74) is 5.37. The first-order chi connectivity index (χ1) is 7.33. The van der Waals surface area contributed by atoms with Crippen molar-refractivity contribution in [2.24, 2.45) is 0 Å². The summed E-state index contributed by atoms with van der Waals surface area (Å²) < 4.78 is 0. The lowest BCUT2D eigenvalue weighted by Crippen LogP contribution is -1.90. The van der Waals surface area contributed by atoms with Crippen LogP contribution in [-0.4, -0.2) is 0 Å². The molecule has 1 nitrogen and oxygen atoms in total. The molecule has 0 atom stereocenters. The number of hydrogen-bond acceptors (Lipinski definition) is 1. The van der Waals surface area contributed by atoms with E-state index < -0.39 is 0 Å². The van der Waals surface area contributed by atoms with Crippen LogP contribution < -0.4 is 0 Å². The van der Waals surface area contributed by atoms with Crippen molar-refractivity contribution in [1.82, 2.24) is 0 Å². The lowest BCUT2D eigenvalue weighted by molar-refractivity contribution is 0.551. The largest absolute Gasteiger partial charge is 0.192 e. The Hall–Kier alpha value is -0.990. The summed E-state index contributed by atoms with van der Waals surface area (Å²) in [4.78, 5) is 0. The molecule has 0 unspecified atom stereocenters. The maximum atomic E-state index is 8.73. The highest BCUT2D eigenvalue weighted by Crippen LogP contribution is 2.20. The van der Waals surface area contributed by atoms with E-state index in [9.17, 15) is 0 Å². The Bertz CT molecular complexity index is 275. The third kappa shape index (κ3) is 5.45. The minimum Gasteiger partial charge on any atom is -0.192 e. The van der Waals surface area contributed by atoms with Gasteiger partial charge < -0.3 is 0 Å². The summed E-state index contributed by atoms with van der Waals surface area (Å²) >= 11 is 0. The molecule has 0 spiro atoms. The highest BCUT2D eigenvalue weighted by Gasteiger charge is 2.01. The Morgan fingerprint density at radius 2 is 1.40 bits per heavy atom. The van der Waals surface area contributed by atoms with Crippen molar-refractivity contribution >= 4 is 0 Å². The molecule has 0 radical (unpaired) electrons. The first-order valence-electron chi connectivity index (χ1n) is 6.18. The molecule has 0 aromatic heterocycles. The molecule has 82 valence electrons. The summed E-state index contributed by atoms with van der Waals surface area (Å²) in [5.74, 6) is 0. The highest BCUT2D eigenvalue weighted by atomic mass is 14.2. The summed E-state index contributed by atoms with van der Waals surface area (Å²) in [5, 5.41) is 8.73. The van der Waals surface area contributed by atoms with E-state index in [1.807, 2.05) is 6.92 Å². The van der Waals surface area contributed by atoms with E-state index in [0.29, 0.717) is 0 Å². The zero-order valence-electron chi connectivity index (χ0n) is 9.81. The molecule has 0 N–H and O–H groups in total. The molecule has 15 heavy (non-hydrogen) atoms. The molecule has 1 heteroatoms. The van der Waals surface area contributed by atoms with E-state index in [1.54, 1.807) is 0 Å². The van der Waals surface area contributed by atoms with Gasteiger partial charge in [0.15, 0.2) is 0 Å². The van der Waals surface area contributed by atoms with E-state index in [1.165, 1.54) is 50.5 Å². The van der Waals surface area contributed by atoms with Gasteiger partial charge in [0, 0.05) is 0 Å². The maximum absolute atomic E-state index is 8.73. The first-order valence-corrected chi connectivity index (χ1v) is 6.18. The molecular formula is C14H21N. The molecule has 1 aliphatic rings. The van der Waals surface area contributed by atoms with Gasteiger partial charge in [-0.1, -0.05) is 32.1 Å². The van der Waals surface area contributed by atoms with Gasteiger partial charge in [0.1, 0.15) is 6.07 Å². The quantitative estimate of drug-likeness (QED) is 0.420. The van der Waals surface area contributed by atoms with Gasteiger partial charge in [-0.2, -0.15) is 5.26 Å². The Kier molecular flexibility index (Phi) is 5.90. The average molecular weight is 203 g/mol. The van der Waals surface area contributed by atoms with Crippen LogP contribution in [0.3, 0.4) is 0 Å². The smallest absolute Gasteiger partial charge is 0.103 e. The number of hydrogen-bond donors (Lipinski definition) is 0. The normalized spacial score (nSPS) is 18.8. The van der Waals surface area contributed by atoms with Crippen LogP contribution in [0.1, 0.15) is 64.7 Å². The molecular weight excluding hydrogens is 182 g/mol. The van der Waals surface area contributed by atoms with Gasteiger partial charge in [-0.3, -0.25) is 0 Å². The van der Waals surface area contributed by atoms with Gasteiger partial charge in [0.2, 0.25) is 0 Å². The fourth-order valence-electron chi connectivity index (χ4n) is 2.10. The summed E-state index contributed by atoms with van der Waals surface area (Å²) in [7, 11) is 0. The van der Waals surface area contributed by atoms with E-state index >= 15 is 0 Å². The second kappa shape index (κ2) is 7.32. The Labute approximate surface area is 93.5 Å². The maximum Gasteiger partial charge on any atom is 0.103 e. The molecule has 1 saturated carbocycles. The van der Waals surface area contributed by atoms with Gasteiger partial charge in [-0.15, -0.1) is 5.73 Å². The number of allylic oxidation sites excluding steroid dienone is 1. The molecule has 0 aromatic carbocycles. The molecule has 0 bridgehead atoms. The van der Waals surface area contributed by atoms with Crippen molar-refractivity contribution in [1.29, 1.82) is 5.26 Å². The van der Waals surface area contributed by atoms with Crippen LogP contribution in [-0.2, 0) is 0 Å². The predicted octanol–water partition coefficient (Wildman–Crippen LogP) is 4.51. The van der Waals surface area contributed by atoms with Crippen LogP contribution in [0.2, 0.25) is 0 Å². The molecule has 0 saturated heterocycles. The lowest BCUT2D eigenvalue weighted by atomic mass is 9.97. The fraction of sp³-hybridized carbons (Fsp3) is 0.714. The molecule has 1 fully saturated rings. The van der Waals surface area contributed by atoms with Crippen LogP contribution in [0.15, 0.2) is 16.9 Å². The lowest BCUT2D eigenvalue weighted by Gasteiger charge is -2.08. The zero-order chi connectivity index (χ0) is 10.9. The highest BCUT2D eigenvalue weighted by molar-refractivity contribution is 5.20. The standard InChI is InChI=1S/C14H21N/c1-13(12-15)11-14-9-7-5-3-2-4-6-8-10-14/h2-10H2,1H3. The fourth-order valence-corrected chi connectivity index (χ4v) is 2.10. The van der Waals surface area contributed by atoms with Crippen molar-refractivity contribution in [3.8, 4) is 6.07 Å². The van der Waals surface area contributed by atoms with Crippen molar-refractivity contribution in [2.75, 3.05) is 0 Å². The first kappa shape index (κ1) is 12.1. The molecule has 0 heterocycles. The number of nitrogens with zero attached hydrogens (tertiary/aromatic N) is 1. The molecule has 0 aromatic rings. The van der Waals surface area contributed by atoms with Gasteiger partial charge >= 0.3 is 0 Å². The zero-order valence-corrected chi connectivity index (χ0v) is 9.81. The van der Waals surface area contributed by atoms with Gasteiger partial charge in [-0.05, 0) is 38.2 Å². The average Bonchev–Trinajstić information content (AvgIpc) is 2.27. The third-order valence-electron chi connectivity index (χ3n) is 2.99. The monoisotopic (exact) mass is 203 g/mol. The number of nitriles is 1. The third-order valence-corrected chi connectivity index (χ3v) is 2.99. The van der Waals surface area contributed by atoms with E-state index in [0.717, 1.165) is 18.4 Å². The van der Waals surface area contributed by atoms with Crippen LogP contribution in [0, 0.1) is 11.3 Å². The Morgan fingerprint density at radius 3 is 1.87 bits per heavy atom. The van der Waals surface area contributed by atoms with Crippen LogP contribution in [0.5, 0.6) is 0 Å². The molecule has 1 aliphatic carbocycles. The molecule has 0 aliphatic heterocycles. The van der Waals surface area contributed by atoms with E-state index in [-0.39, 0.29) is 0 Å².